The Morgan fingerprint density at radius 3 is 2.36 bits per heavy atom. The van der Waals surface area contributed by atoms with Crippen molar-refractivity contribution in [2.45, 2.75) is 45.2 Å². The molecule has 0 radical (unpaired) electrons. The maximum Gasteiger partial charge on any atom is 0.205 e. The molecule has 0 amide bonds. The molecule has 2 bridgehead atoms. The Hall–Kier alpha value is -0.400. The molecule has 0 aromatic carbocycles. The van der Waals surface area contributed by atoms with E-state index in [2.05, 4.69) is 13.8 Å². The average molecular weight is 154 g/mol. The van der Waals surface area contributed by atoms with Gasteiger partial charge in [-0.15, -0.1) is 0 Å². The fourth-order valence-electron chi connectivity index (χ4n) is 2.70. The predicted octanol–water partition coefficient (Wildman–Crippen LogP) is 1.97. The molecular formula is C9H16NO+. The number of fused-ring (bicyclic) bond motifs is 2. The minimum Gasteiger partial charge on any atom is -0.0622 e. The van der Waals surface area contributed by atoms with Crippen LogP contribution in [0.15, 0.2) is 0 Å². The van der Waals surface area contributed by atoms with Gasteiger partial charge in [0, 0.05) is 34.8 Å². The molecule has 0 aliphatic carbocycles. The van der Waals surface area contributed by atoms with Crippen molar-refractivity contribution < 1.29 is 4.76 Å². The Kier molecular flexibility index (Phi) is 1.51. The van der Waals surface area contributed by atoms with Crippen LogP contribution in [-0.4, -0.2) is 16.8 Å². The summed E-state index contributed by atoms with van der Waals surface area (Å²) in [4.78, 5) is 11.4. The van der Waals surface area contributed by atoms with Gasteiger partial charge in [-0.3, -0.25) is 0 Å². The zero-order valence-electron chi connectivity index (χ0n) is 7.29. The Balaban J connectivity index is 2.15. The molecule has 0 N–H and O–H groups in total. The summed E-state index contributed by atoms with van der Waals surface area (Å²) >= 11 is 0. The van der Waals surface area contributed by atoms with E-state index in [1.807, 2.05) is 0 Å². The van der Waals surface area contributed by atoms with E-state index in [0.29, 0.717) is 23.9 Å². The SMILES string of the molecule is CC(C)C1CC2CCC1[N+]2=O. The first-order valence-electron chi connectivity index (χ1n) is 4.65. The summed E-state index contributed by atoms with van der Waals surface area (Å²) in [5.74, 6) is 1.38. The highest BCUT2D eigenvalue weighted by atomic mass is 16.3. The van der Waals surface area contributed by atoms with Crippen molar-refractivity contribution in [1.29, 1.82) is 0 Å². The van der Waals surface area contributed by atoms with E-state index in [0.717, 1.165) is 19.3 Å². The summed E-state index contributed by atoms with van der Waals surface area (Å²) in [6.07, 6.45) is 3.46. The number of nitroso groups, excluding NO2 is 1. The second-order valence-corrected chi connectivity index (χ2v) is 4.30. The number of hydrogen-bond donors (Lipinski definition) is 0. The normalized spacial score (nSPS) is 42.5. The summed E-state index contributed by atoms with van der Waals surface area (Å²) in [5, 5.41) is 0. The lowest BCUT2D eigenvalue weighted by Crippen LogP contribution is -2.23. The lowest BCUT2D eigenvalue weighted by atomic mass is 9.82. The van der Waals surface area contributed by atoms with Crippen molar-refractivity contribution in [3.8, 4) is 0 Å². The first-order chi connectivity index (χ1) is 5.20. The topological polar surface area (TPSA) is 20.1 Å². The van der Waals surface area contributed by atoms with E-state index < -0.39 is 0 Å². The smallest absolute Gasteiger partial charge is 0.0622 e. The molecule has 11 heavy (non-hydrogen) atoms. The van der Waals surface area contributed by atoms with Crippen LogP contribution in [0.2, 0.25) is 0 Å². The van der Waals surface area contributed by atoms with Crippen LogP contribution in [0.5, 0.6) is 0 Å². The summed E-state index contributed by atoms with van der Waals surface area (Å²) in [6, 6.07) is 0.757. The molecule has 0 saturated carbocycles. The van der Waals surface area contributed by atoms with Crippen LogP contribution >= 0.6 is 0 Å². The van der Waals surface area contributed by atoms with E-state index >= 15 is 0 Å². The van der Waals surface area contributed by atoms with Gasteiger partial charge >= 0.3 is 0 Å². The van der Waals surface area contributed by atoms with Crippen molar-refractivity contribution in [1.82, 2.24) is 0 Å². The Morgan fingerprint density at radius 2 is 2.09 bits per heavy atom. The van der Waals surface area contributed by atoms with Gasteiger partial charge in [-0.05, 0) is 5.92 Å². The van der Waals surface area contributed by atoms with Crippen LogP contribution in [0.3, 0.4) is 0 Å². The maximum atomic E-state index is 11.4. The molecule has 2 heterocycles. The van der Waals surface area contributed by atoms with Gasteiger partial charge in [-0.1, -0.05) is 13.8 Å². The zero-order chi connectivity index (χ0) is 8.01. The fourth-order valence-corrected chi connectivity index (χ4v) is 2.70. The number of rotatable bonds is 1. The van der Waals surface area contributed by atoms with Gasteiger partial charge in [0.15, 0.2) is 0 Å². The lowest BCUT2D eigenvalue weighted by Gasteiger charge is -2.16. The fraction of sp³-hybridized carbons (Fsp3) is 1.00. The minimum absolute atomic E-state index is 0.375. The monoisotopic (exact) mass is 154 g/mol. The van der Waals surface area contributed by atoms with Gasteiger partial charge in [0.1, 0.15) is 0 Å². The minimum atomic E-state index is 0.375. The van der Waals surface area contributed by atoms with E-state index in [9.17, 15) is 4.91 Å². The van der Waals surface area contributed by atoms with E-state index in [4.69, 9.17) is 0 Å². The van der Waals surface area contributed by atoms with E-state index in [1.165, 1.54) is 4.76 Å². The molecule has 3 atom stereocenters. The number of nitrogens with zero attached hydrogens (tertiary/aromatic N) is 1. The molecule has 0 spiro atoms. The predicted molar refractivity (Wildman–Crippen MR) is 43.4 cm³/mol. The van der Waals surface area contributed by atoms with Gasteiger partial charge in [-0.25, -0.2) is 0 Å². The van der Waals surface area contributed by atoms with Gasteiger partial charge in [0.2, 0.25) is 12.1 Å². The highest BCUT2D eigenvalue weighted by Crippen LogP contribution is 2.41. The van der Waals surface area contributed by atoms with Crippen molar-refractivity contribution in [2.75, 3.05) is 0 Å². The van der Waals surface area contributed by atoms with Crippen molar-refractivity contribution in [3.63, 3.8) is 0 Å². The van der Waals surface area contributed by atoms with Crippen LogP contribution in [-0.2, 0) is 0 Å². The lowest BCUT2D eigenvalue weighted by molar-refractivity contribution is -0.579. The maximum absolute atomic E-state index is 11.4. The Labute approximate surface area is 67.6 Å². The van der Waals surface area contributed by atoms with Crippen molar-refractivity contribution in [3.05, 3.63) is 4.91 Å². The van der Waals surface area contributed by atoms with E-state index in [1.54, 1.807) is 0 Å². The molecule has 2 aliphatic rings. The molecule has 2 rings (SSSR count). The van der Waals surface area contributed by atoms with Crippen LogP contribution in [0.25, 0.3) is 0 Å². The van der Waals surface area contributed by atoms with Crippen LogP contribution in [0.1, 0.15) is 33.1 Å². The molecule has 0 aromatic heterocycles. The molecule has 3 unspecified atom stereocenters. The first kappa shape index (κ1) is 7.26. The standard InChI is InChI=1S/C9H16NO/c1-6(2)8-5-7-3-4-9(8)10(7)11/h6-9H,3-5H2,1-2H3/q+1. The molecule has 2 nitrogen and oxygen atoms in total. The molecule has 62 valence electrons. The summed E-state index contributed by atoms with van der Waals surface area (Å²) in [7, 11) is 0. The number of hydrogen-bond acceptors (Lipinski definition) is 1. The van der Waals surface area contributed by atoms with Crippen molar-refractivity contribution in [2.24, 2.45) is 11.8 Å². The molecule has 2 heteroatoms. The molecule has 2 saturated heterocycles. The summed E-state index contributed by atoms with van der Waals surface area (Å²) < 4.78 is 1.37. The summed E-state index contributed by atoms with van der Waals surface area (Å²) in [5.41, 5.74) is 0. The van der Waals surface area contributed by atoms with Gasteiger partial charge in [-0.2, -0.15) is 0 Å². The third-order valence-electron chi connectivity index (χ3n) is 3.38. The second-order valence-electron chi connectivity index (χ2n) is 4.30. The Morgan fingerprint density at radius 1 is 1.36 bits per heavy atom. The first-order valence-corrected chi connectivity index (χ1v) is 4.65. The molecule has 2 fully saturated rings. The van der Waals surface area contributed by atoms with Gasteiger partial charge in [0.25, 0.3) is 0 Å². The highest BCUT2D eigenvalue weighted by molar-refractivity contribution is 4.88. The van der Waals surface area contributed by atoms with E-state index in [-0.39, 0.29) is 0 Å². The molecule has 0 aromatic rings. The Bertz CT molecular complexity index is 188. The quantitative estimate of drug-likeness (QED) is 0.529. The van der Waals surface area contributed by atoms with Crippen LogP contribution < -0.4 is 0 Å². The second kappa shape index (κ2) is 2.29. The highest BCUT2D eigenvalue weighted by Gasteiger charge is 2.55. The van der Waals surface area contributed by atoms with Gasteiger partial charge < -0.3 is 0 Å². The van der Waals surface area contributed by atoms with Crippen LogP contribution in [0, 0.1) is 16.7 Å². The molecule has 2 aliphatic heterocycles. The third kappa shape index (κ3) is 0.916. The third-order valence-corrected chi connectivity index (χ3v) is 3.38. The molecular weight excluding hydrogens is 138 g/mol. The largest absolute Gasteiger partial charge is 0.205 e. The van der Waals surface area contributed by atoms with Crippen molar-refractivity contribution >= 4 is 0 Å². The van der Waals surface area contributed by atoms with Gasteiger partial charge in [0.05, 0.1) is 0 Å². The van der Waals surface area contributed by atoms with Crippen LogP contribution in [0.4, 0.5) is 0 Å². The zero-order valence-corrected chi connectivity index (χ0v) is 7.29. The average Bonchev–Trinajstić information content (AvgIpc) is 2.46. The summed E-state index contributed by atoms with van der Waals surface area (Å²) in [6.45, 7) is 4.47.